The van der Waals surface area contributed by atoms with Gasteiger partial charge in [-0.15, -0.1) is 0 Å². The van der Waals surface area contributed by atoms with Crippen LogP contribution in [0.5, 0.6) is 0 Å². The molecule has 3 aromatic rings. The molecular weight excluding hydrogens is 316 g/mol. The molecule has 4 rings (SSSR count). The van der Waals surface area contributed by atoms with E-state index in [0.717, 1.165) is 24.1 Å². The third kappa shape index (κ3) is 3.40. The van der Waals surface area contributed by atoms with Crippen LogP contribution in [0.3, 0.4) is 0 Å². The maximum atomic E-state index is 4.78. The maximum Gasteiger partial charge on any atom is 0.245 e. The zero-order valence-corrected chi connectivity index (χ0v) is 14.5. The minimum Gasteiger partial charge on any atom is -0.364 e. The molecule has 130 valence electrons. The zero-order valence-electron chi connectivity index (χ0n) is 14.5. The van der Waals surface area contributed by atoms with Crippen molar-refractivity contribution in [2.24, 2.45) is 0 Å². The third-order valence-corrected chi connectivity index (χ3v) is 4.71. The first-order valence-electron chi connectivity index (χ1n) is 8.80. The van der Waals surface area contributed by atoms with Gasteiger partial charge in [0, 0.05) is 11.7 Å². The van der Waals surface area contributed by atoms with Gasteiger partial charge in [0.15, 0.2) is 11.6 Å². The van der Waals surface area contributed by atoms with Crippen LogP contribution in [0.1, 0.15) is 43.2 Å². The molecule has 0 unspecified atom stereocenters. The molecule has 1 aliphatic rings. The molecule has 7 nitrogen and oxygen atoms in total. The summed E-state index contributed by atoms with van der Waals surface area (Å²) in [5.41, 5.74) is 4.17. The van der Waals surface area contributed by atoms with E-state index in [1.54, 1.807) is 0 Å². The number of rotatable bonds is 4. The summed E-state index contributed by atoms with van der Waals surface area (Å²) in [6, 6.07) is 6.71. The number of benzene rings is 1. The van der Waals surface area contributed by atoms with Crippen molar-refractivity contribution in [2.45, 2.75) is 52.0 Å². The van der Waals surface area contributed by atoms with Crippen molar-refractivity contribution >= 4 is 28.6 Å². The minimum atomic E-state index is 0.405. The first-order chi connectivity index (χ1) is 12.2. The van der Waals surface area contributed by atoms with Crippen molar-refractivity contribution < 1.29 is 4.63 Å². The highest BCUT2D eigenvalue weighted by atomic mass is 16.6. The number of aromatic nitrogens is 4. The van der Waals surface area contributed by atoms with Gasteiger partial charge >= 0.3 is 0 Å². The normalized spacial score (nSPS) is 15.4. The predicted molar refractivity (Wildman–Crippen MR) is 97.1 cm³/mol. The van der Waals surface area contributed by atoms with E-state index < -0.39 is 0 Å². The Morgan fingerprint density at radius 2 is 1.68 bits per heavy atom. The quantitative estimate of drug-likeness (QED) is 0.739. The van der Waals surface area contributed by atoms with Crippen molar-refractivity contribution in [2.75, 3.05) is 10.6 Å². The molecule has 7 heteroatoms. The highest BCUT2D eigenvalue weighted by molar-refractivity contribution is 5.77. The Labute approximate surface area is 146 Å². The fourth-order valence-corrected chi connectivity index (χ4v) is 3.26. The standard InChI is InChI=1S/C18H22N6O/c1-11-8-9-12(2)14(10-11)20-16-15(19-13-6-4-3-5-7-13)21-17-18(22-16)24-25-23-17/h8-10,13H,3-7H2,1-2H3,(H,19,21,23)(H,20,22,24). The number of anilines is 3. The molecule has 2 heterocycles. The number of hydrogen-bond donors (Lipinski definition) is 2. The van der Waals surface area contributed by atoms with E-state index in [9.17, 15) is 0 Å². The van der Waals surface area contributed by atoms with E-state index in [0.29, 0.717) is 29.0 Å². The van der Waals surface area contributed by atoms with E-state index in [1.165, 1.54) is 24.8 Å². The largest absolute Gasteiger partial charge is 0.364 e. The Bertz CT molecular complexity index is 884. The van der Waals surface area contributed by atoms with Gasteiger partial charge in [-0.25, -0.2) is 14.6 Å². The van der Waals surface area contributed by atoms with Crippen LogP contribution in [-0.2, 0) is 0 Å². The molecular formula is C18H22N6O. The van der Waals surface area contributed by atoms with Crippen LogP contribution in [-0.4, -0.2) is 26.3 Å². The van der Waals surface area contributed by atoms with E-state index in [1.807, 2.05) is 0 Å². The fourth-order valence-electron chi connectivity index (χ4n) is 3.26. The second kappa shape index (κ2) is 6.66. The van der Waals surface area contributed by atoms with Crippen LogP contribution >= 0.6 is 0 Å². The molecule has 1 saturated carbocycles. The topological polar surface area (TPSA) is 88.8 Å². The van der Waals surface area contributed by atoms with E-state index in [4.69, 9.17) is 4.63 Å². The lowest BCUT2D eigenvalue weighted by atomic mass is 9.95. The van der Waals surface area contributed by atoms with Gasteiger partial charge in [0.1, 0.15) is 0 Å². The number of nitrogens with zero attached hydrogens (tertiary/aromatic N) is 4. The summed E-state index contributed by atoms with van der Waals surface area (Å²) in [4.78, 5) is 9.14. The summed E-state index contributed by atoms with van der Waals surface area (Å²) < 4.78 is 4.78. The molecule has 25 heavy (non-hydrogen) atoms. The number of nitrogens with one attached hydrogen (secondary N) is 2. The molecule has 1 aliphatic carbocycles. The Balaban J connectivity index is 1.69. The molecule has 0 aliphatic heterocycles. The molecule has 0 spiro atoms. The van der Waals surface area contributed by atoms with Crippen molar-refractivity contribution in [3.8, 4) is 0 Å². The number of hydrogen-bond acceptors (Lipinski definition) is 7. The maximum absolute atomic E-state index is 4.78. The van der Waals surface area contributed by atoms with Gasteiger partial charge in [-0.2, -0.15) is 0 Å². The van der Waals surface area contributed by atoms with E-state index >= 15 is 0 Å². The highest BCUT2D eigenvalue weighted by Gasteiger charge is 2.19. The van der Waals surface area contributed by atoms with Gasteiger partial charge in [0.05, 0.1) is 0 Å². The summed E-state index contributed by atoms with van der Waals surface area (Å²) in [6.45, 7) is 4.14. The lowest BCUT2D eigenvalue weighted by molar-refractivity contribution is 0.314. The molecule has 0 radical (unpaired) electrons. The summed E-state index contributed by atoms with van der Waals surface area (Å²) in [7, 11) is 0. The molecule has 0 bridgehead atoms. The van der Waals surface area contributed by atoms with Crippen LogP contribution in [0.2, 0.25) is 0 Å². The highest BCUT2D eigenvalue weighted by Crippen LogP contribution is 2.29. The predicted octanol–water partition coefficient (Wildman–Crippen LogP) is 4.12. The lowest BCUT2D eigenvalue weighted by Crippen LogP contribution is -2.23. The second-order valence-corrected chi connectivity index (χ2v) is 6.75. The van der Waals surface area contributed by atoms with Gasteiger partial charge < -0.3 is 10.6 Å². The Morgan fingerprint density at radius 3 is 2.44 bits per heavy atom. The second-order valence-electron chi connectivity index (χ2n) is 6.75. The van der Waals surface area contributed by atoms with Crippen LogP contribution < -0.4 is 10.6 Å². The van der Waals surface area contributed by atoms with Gasteiger partial charge in [0.2, 0.25) is 11.3 Å². The summed E-state index contributed by atoms with van der Waals surface area (Å²) in [6.07, 6.45) is 6.11. The monoisotopic (exact) mass is 338 g/mol. The Kier molecular flexibility index (Phi) is 4.21. The van der Waals surface area contributed by atoms with Crippen molar-refractivity contribution in [1.82, 2.24) is 20.3 Å². The van der Waals surface area contributed by atoms with E-state index in [-0.39, 0.29) is 0 Å². The molecule has 0 saturated heterocycles. The fraction of sp³-hybridized carbons (Fsp3) is 0.444. The van der Waals surface area contributed by atoms with E-state index in [2.05, 4.69) is 63.0 Å². The van der Waals surface area contributed by atoms with Crippen molar-refractivity contribution in [3.63, 3.8) is 0 Å². The summed E-state index contributed by atoms with van der Waals surface area (Å²) >= 11 is 0. The molecule has 1 fully saturated rings. The summed E-state index contributed by atoms with van der Waals surface area (Å²) in [5.74, 6) is 1.36. The van der Waals surface area contributed by atoms with Gasteiger partial charge in [0.25, 0.3) is 0 Å². The first kappa shape index (κ1) is 15.8. The lowest BCUT2D eigenvalue weighted by Gasteiger charge is -2.24. The van der Waals surface area contributed by atoms with Crippen LogP contribution in [0.15, 0.2) is 22.8 Å². The SMILES string of the molecule is Cc1ccc(C)c(Nc2nc3nonc3nc2NC2CCCCC2)c1. The smallest absolute Gasteiger partial charge is 0.245 e. The van der Waals surface area contributed by atoms with Crippen LogP contribution in [0.25, 0.3) is 11.3 Å². The Hall–Kier alpha value is -2.70. The van der Waals surface area contributed by atoms with Crippen molar-refractivity contribution in [1.29, 1.82) is 0 Å². The molecule has 2 aromatic heterocycles. The van der Waals surface area contributed by atoms with Crippen molar-refractivity contribution in [3.05, 3.63) is 29.3 Å². The third-order valence-electron chi connectivity index (χ3n) is 4.71. The number of aryl methyl sites for hydroxylation is 2. The molecule has 0 atom stereocenters. The first-order valence-corrected chi connectivity index (χ1v) is 8.80. The van der Waals surface area contributed by atoms with Gasteiger partial charge in [-0.3, -0.25) is 0 Å². The van der Waals surface area contributed by atoms with Crippen LogP contribution in [0.4, 0.5) is 17.3 Å². The molecule has 1 aromatic carbocycles. The minimum absolute atomic E-state index is 0.405. The van der Waals surface area contributed by atoms with Gasteiger partial charge in [-0.05, 0) is 54.2 Å². The Morgan fingerprint density at radius 1 is 0.960 bits per heavy atom. The zero-order chi connectivity index (χ0) is 17.2. The number of fused-ring (bicyclic) bond motifs is 1. The summed E-state index contributed by atoms with van der Waals surface area (Å²) in [5, 5.41) is 14.6. The van der Waals surface area contributed by atoms with Crippen LogP contribution in [0, 0.1) is 13.8 Å². The average molecular weight is 338 g/mol. The molecule has 0 amide bonds. The van der Waals surface area contributed by atoms with Gasteiger partial charge in [-0.1, -0.05) is 31.4 Å². The molecule has 2 N–H and O–H groups in total. The average Bonchev–Trinajstić information content (AvgIpc) is 3.06.